The summed E-state index contributed by atoms with van der Waals surface area (Å²) in [6.07, 6.45) is 4.34. The van der Waals surface area contributed by atoms with Gasteiger partial charge in [0.1, 0.15) is 0 Å². The second-order valence-electron chi connectivity index (χ2n) is 4.07. The molecule has 2 aromatic heterocycles. The highest BCUT2D eigenvalue weighted by Gasteiger charge is 2.10. The van der Waals surface area contributed by atoms with Crippen LogP contribution in [0.3, 0.4) is 0 Å². The second kappa shape index (κ2) is 5.21. The Hall–Kier alpha value is -0.520. The number of fused-ring (bicyclic) bond motifs is 1. The van der Waals surface area contributed by atoms with Gasteiger partial charge in [0.2, 0.25) is 0 Å². The SMILES string of the molecule is CC(C)SCC(O)Cc1cn2ccsc2n1. The molecule has 1 unspecified atom stereocenters. The van der Waals surface area contributed by atoms with Gasteiger partial charge in [-0.05, 0) is 5.25 Å². The smallest absolute Gasteiger partial charge is 0.193 e. The van der Waals surface area contributed by atoms with E-state index in [4.69, 9.17) is 0 Å². The Balaban J connectivity index is 1.91. The highest BCUT2D eigenvalue weighted by Crippen LogP contribution is 2.15. The molecule has 2 aromatic rings. The van der Waals surface area contributed by atoms with Gasteiger partial charge in [-0.2, -0.15) is 11.8 Å². The molecule has 0 amide bonds. The molecule has 0 aliphatic heterocycles. The fourth-order valence-corrected chi connectivity index (χ4v) is 2.92. The first-order valence-corrected chi connectivity index (χ1v) is 7.28. The topological polar surface area (TPSA) is 37.5 Å². The van der Waals surface area contributed by atoms with Crippen molar-refractivity contribution in [3.05, 3.63) is 23.5 Å². The van der Waals surface area contributed by atoms with Gasteiger partial charge in [-0.15, -0.1) is 11.3 Å². The van der Waals surface area contributed by atoms with Crippen molar-refractivity contribution in [1.82, 2.24) is 9.38 Å². The van der Waals surface area contributed by atoms with Crippen LogP contribution in [0, 0.1) is 0 Å². The van der Waals surface area contributed by atoms with Gasteiger partial charge < -0.3 is 5.11 Å². The summed E-state index contributed by atoms with van der Waals surface area (Å²) in [4.78, 5) is 5.45. The van der Waals surface area contributed by atoms with Crippen molar-refractivity contribution in [2.45, 2.75) is 31.6 Å². The van der Waals surface area contributed by atoms with Crippen LogP contribution in [0.25, 0.3) is 4.96 Å². The van der Waals surface area contributed by atoms with E-state index in [0.717, 1.165) is 16.4 Å². The van der Waals surface area contributed by atoms with Crippen molar-refractivity contribution in [3.63, 3.8) is 0 Å². The normalized spacial score (nSPS) is 13.8. The fourth-order valence-electron chi connectivity index (χ4n) is 1.48. The summed E-state index contributed by atoms with van der Waals surface area (Å²) in [7, 11) is 0. The molecular formula is C11H16N2OS2. The van der Waals surface area contributed by atoms with Crippen molar-refractivity contribution in [1.29, 1.82) is 0 Å². The Morgan fingerprint density at radius 2 is 2.38 bits per heavy atom. The molecule has 1 atom stereocenters. The van der Waals surface area contributed by atoms with E-state index in [9.17, 15) is 5.11 Å². The van der Waals surface area contributed by atoms with E-state index >= 15 is 0 Å². The zero-order valence-electron chi connectivity index (χ0n) is 9.46. The van der Waals surface area contributed by atoms with Crippen molar-refractivity contribution >= 4 is 28.1 Å². The van der Waals surface area contributed by atoms with E-state index in [2.05, 4.69) is 18.8 Å². The fraction of sp³-hybridized carbons (Fsp3) is 0.545. The minimum absolute atomic E-state index is 0.294. The van der Waals surface area contributed by atoms with Crippen molar-refractivity contribution in [2.75, 3.05) is 5.75 Å². The second-order valence-corrected chi connectivity index (χ2v) is 6.55. The van der Waals surface area contributed by atoms with E-state index in [-0.39, 0.29) is 6.10 Å². The Bertz CT molecular complexity index is 421. The third-order valence-electron chi connectivity index (χ3n) is 2.21. The molecule has 0 spiro atoms. The first-order valence-electron chi connectivity index (χ1n) is 5.36. The Labute approximate surface area is 104 Å². The number of aliphatic hydroxyl groups excluding tert-OH is 1. The zero-order chi connectivity index (χ0) is 11.5. The number of thioether (sulfide) groups is 1. The number of imidazole rings is 1. The molecule has 88 valence electrons. The number of nitrogens with zero attached hydrogens (tertiary/aromatic N) is 2. The van der Waals surface area contributed by atoms with Crippen LogP contribution in [-0.4, -0.2) is 31.6 Å². The van der Waals surface area contributed by atoms with Crippen LogP contribution in [0.4, 0.5) is 0 Å². The molecule has 2 rings (SSSR count). The predicted octanol–water partition coefficient (Wildman–Crippen LogP) is 2.44. The van der Waals surface area contributed by atoms with Crippen LogP contribution < -0.4 is 0 Å². The maximum atomic E-state index is 9.85. The number of aromatic nitrogens is 2. The van der Waals surface area contributed by atoms with Gasteiger partial charge in [-0.25, -0.2) is 4.98 Å². The summed E-state index contributed by atoms with van der Waals surface area (Å²) in [6, 6.07) is 0. The van der Waals surface area contributed by atoms with Crippen molar-refractivity contribution in [3.8, 4) is 0 Å². The van der Waals surface area contributed by atoms with Crippen molar-refractivity contribution < 1.29 is 5.11 Å². The maximum absolute atomic E-state index is 9.85. The summed E-state index contributed by atoms with van der Waals surface area (Å²) in [5.74, 6) is 0.781. The van der Waals surface area contributed by atoms with Gasteiger partial charge in [0.25, 0.3) is 0 Å². The summed E-state index contributed by atoms with van der Waals surface area (Å²) < 4.78 is 2.00. The molecule has 0 aromatic carbocycles. The predicted molar refractivity (Wildman–Crippen MR) is 70.4 cm³/mol. The van der Waals surface area contributed by atoms with Gasteiger partial charge >= 0.3 is 0 Å². The van der Waals surface area contributed by atoms with E-state index in [1.807, 2.05) is 22.2 Å². The third-order valence-corrected chi connectivity index (χ3v) is 4.22. The van der Waals surface area contributed by atoms with Crippen LogP contribution >= 0.6 is 23.1 Å². The van der Waals surface area contributed by atoms with E-state index < -0.39 is 0 Å². The van der Waals surface area contributed by atoms with Gasteiger partial charge in [0.15, 0.2) is 4.96 Å². The van der Waals surface area contributed by atoms with E-state index in [1.54, 1.807) is 23.1 Å². The van der Waals surface area contributed by atoms with Gasteiger partial charge in [0.05, 0.1) is 11.8 Å². The lowest BCUT2D eigenvalue weighted by molar-refractivity contribution is 0.199. The van der Waals surface area contributed by atoms with E-state index in [1.165, 1.54) is 0 Å². The average Bonchev–Trinajstić information content (AvgIpc) is 2.74. The van der Waals surface area contributed by atoms with Crippen LogP contribution in [-0.2, 0) is 6.42 Å². The van der Waals surface area contributed by atoms with Crippen LogP contribution in [0.15, 0.2) is 17.8 Å². The average molecular weight is 256 g/mol. The molecule has 0 radical (unpaired) electrons. The number of hydrogen-bond donors (Lipinski definition) is 1. The first-order chi connectivity index (χ1) is 7.65. The summed E-state index contributed by atoms with van der Waals surface area (Å²) in [6.45, 7) is 4.29. The zero-order valence-corrected chi connectivity index (χ0v) is 11.1. The molecule has 0 saturated heterocycles. The number of aliphatic hydroxyl groups is 1. The number of hydrogen-bond acceptors (Lipinski definition) is 4. The van der Waals surface area contributed by atoms with Gasteiger partial charge in [-0.3, -0.25) is 4.40 Å². The monoisotopic (exact) mass is 256 g/mol. The van der Waals surface area contributed by atoms with E-state index in [0.29, 0.717) is 11.7 Å². The summed E-state index contributed by atoms with van der Waals surface area (Å²) in [5.41, 5.74) is 0.976. The minimum atomic E-state index is -0.294. The molecule has 5 heteroatoms. The lowest BCUT2D eigenvalue weighted by atomic mass is 10.2. The highest BCUT2D eigenvalue weighted by molar-refractivity contribution is 7.99. The Morgan fingerprint density at radius 1 is 1.56 bits per heavy atom. The standard InChI is InChI=1S/C11H16N2OS2/c1-8(2)16-7-10(14)5-9-6-13-3-4-15-11(13)12-9/h3-4,6,8,10,14H,5,7H2,1-2H3. The first kappa shape index (κ1) is 12.0. The molecule has 0 aliphatic rings. The van der Waals surface area contributed by atoms with Crippen molar-refractivity contribution in [2.24, 2.45) is 0 Å². The molecular weight excluding hydrogens is 240 g/mol. The lowest BCUT2D eigenvalue weighted by Gasteiger charge is -2.10. The van der Waals surface area contributed by atoms with Gasteiger partial charge in [-0.1, -0.05) is 13.8 Å². The highest BCUT2D eigenvalue weighted by atomic mass is 32.2. The van der Waals surface area contributed by atoms with Crippen LogP contribution in [0.5, 0.6) is 0 Å². The molecule has 0 bridgehead atoms. The number of thiazole rings is 1. The van der Waals surface area contributed by atoms with Crippen LogP contribution in [0.2, 0.25) is 0 Å². The quantitative estimate of drug-likeness (QED) is 0.893. The summed E-state index contributed by atoms with van der Waals surface area (Å²) >= 11 is 3.40. The Kier molecular flexibility index (Phi) is 3.89. The molecule has 16 heavy (non-hydrogen) atoms. The minimum Gasteiger partial charge on any atom is -0.392 e. The van der Waals surface area contributed by atoms with Crippen LogP contribution in [0.1, 0.15) is 19.5 Å². The lowest BCUT2D eigenvalue weighted by Crippen LogP contribution is -2.15. The van der Waals surface area contributed by atoms with Gasteiger partial charge in [0, 0.05) is 29.9 Å². The number of rotatable bonds is 5. The molecule has 0 aliphatic carbocycles. The largest absolute Gasteiger partial charge is 0.392 e. The molecule has 2 heterocycles. The maximum Gasteiger partial charge on any atom is 0.193 e. The molecule has 0 saturated carbocycles. The molecule has 0 fully saturated rings. The molecule has 1 N–H and O–H groups in total. The molecule has 3 nitrogen and oxygen atoms in total. The summed E-state index contributed by atoms with van der Waals surface area (Å²) in [5, 5.41) is 12.4. The third kappa shape index (κ3) is 2.99. The Morgan fingerprint density at radius 3 is 3.06 bits per heavy atom.